The number of carbonyl (C=O) groups excluding carboxylic acids is 1. The molecule has 1 aromatic carbocycles. The normalized spacial score (nSPS) is 10.7. The van der Waals surface area contributed by atoms with Crippen LogP contribution in [-0.2, 0) is 11.3 Å². The number of likely N-dealkylation sites (N-methyl/N-ethyl adjacent to an activating group) is 1. The highest BCUT2D eigenvalue weighted by atomic mass is 32.1. The maximum atomic E-state index is 12.3. The monoisotopic (exact) mass is 299 g/mol. The van der Waals surface area contributed by atoms with Gasteiger partial charge in [-0.3, -0.25) is 9.36 Å². The molecule has 6 heteroatoms. The molecule has 0 spiro atoms. The molecule has 0 unspecified atom stereocenters. The maximum Gasteiger partial charge on any atom is 0.349 e. The largest absolute Gasteiger partial charge is 0.358 e. The third kappa shape index (κ3) is 2.45. The van der Waals surface area contributed by atoms with Crippen LogP contribution >= 0.6 is 11.3 Å². The molecule has 3 rings (SSSR count). The van der Waals surface area contributed by atoms with E-state index in [4.69, 9.17) is 0 Å². The number of hydrogen-bond acceptors (Lipinski definition) is 4. The molecule has 1 N–H and O–H groups in total. The number of amides is 1. The molecule has 106 valence electrons. The van der Waals surface area contributed by atoms with Crippen molar-refractivity contribution < 1.29 is 4.79 Å². The zero-order valence-electron chi connectivity index (χ0n) is 11.4. The van der Waals surface area contributed by atoms with Crippen LogP contribution in [0.3, 0.4) is 0 Å². The van der Waals surface area contributed by atoms with Gasteiger partial charge in [0, 0.05) is 18.0 Å². The standard InChI is InChI=1S/C15H13N3O2S/c1-16-12(19)9-18-14-11(7-8-21-14)13(17-15(18)20)10-5-3-2-4-6-10/h2-8H,9H2,1H3,(H,16,19). The van der Waals surface area contributed by atoms with E-state index in [1.165, 1.54) is 15.9 Å². The fourth-order valence-corrected chi connectivity index (χ4v) is 3.07. The van der Waals surface area contributed by atoms with Crippen molar-refractivity contribution >= 4 is 27.5 Å². The Balaban J connectivity index is 2.23. The summed E-state index contributed by atoms with van der Waals surface area (Å²) in [5.74, 6) is -0.221. The summed E-state index contributed by atoms with van der Waals surface area (Å²) in [5.41, 5.74) is 1.14. The van der Waals surface area contributed by atoms with Gasteiger partial charge < -0.3 is 5.32 Å². The summed E-state index contributed by atoms with van der Waals surface area (Å²) in [6.45, 7) is -0.0194. The first-order valence-corrected chi connectivity index (χ1v) is 7.32. The summed E-state index contributed by atoms with van der Waals surface area (Å²) >= 11 is 1.43. The molecule has 0 radical (unpaired) electrons. The van der Waals surface area contributed by atoms with E-state index in [-0.39, 0.29) is 12.5 Å². The van der Waals surface area contributed by atoms with Crippen molar-refractivity contribution in [3.63, 3.8) is 0 Å². The van der Waals surface area contributed by atoms with Gasteiger partial charge in [-0.25, -0.2) is 4.79 Å². The molecular weight excluding hydrogens is 286 g/mol. The minimum atomic E-state index is -0.410. The Morgan fingerprint density at radius 2 is 2.05 bits per heavy atom. The highest BCUT2D eigenvalue weighted by Crippen LogP contribution is 2.28. The molecule has 2 aromatic heterocycles. The second-order valence-corrected chi connectivity index (χ2v) is 5.40. The van der Waals surface area contributed by atoms with E-state index in [0.29, 0.717) is 5.69 Å². The number of hydrogen-bond donors (Lipinski definition) is 1. The van der Waals surface area contributed by atoms with Gasteiger partial charge in [-0.2, -0.15) is 4.98 Å². The third-order valence-electron chi connectivity index (χ3n) is 3.21. The van der Waals surface area contributed by atoms with Gasteiger partial charge in [0.05, 0.1) is 5.69 Å². The van der Waals surface area contributed by atoms with E-state index >= 15 is 0 Å². The smallest absolute Gasteiger partial charge is 0.349 e. The van der Waals surface area contributed by atoms with Crippen LogP contribution in [-0.4, -0.2) is 22.5 Å². The first-order chi connectivity index (χ1) is 10.2. The topological polar surface area (TPSA) is 64.0 Å². The fraction of sp³-hybridized carbons (Fsp3) is 0.133. The zero-order valence-corrected chi connectivity index (χ0v) is 12.2. The van der Waals surface area contributed by atoms with Gasteiger partial charge >= 0.3 is 5.69 Å². The van der Waals surface area contributed by atoms with Crippen LogP contribution in [0.25, 0.3) is 21.5 Å². The lowest BCUT2D eigenvalue weighted by Crippen LogP contribution is -2.31. The van der Waals surface area contributed by atoms with Crippen molar-refractivity contribution in [2.45, 2.75) is 6.54 Å². The maximum absolute atomic E-state index is 12.3. The van der Waals surface area contributed by atoms with E-state index in [2.05, 4.69) is 10.3 Å². The average molecular weight is 299 g/mol. The van der Waals surface area contributed by atoms with Crippen molar-refractivity contribution in [3.05, 3.63) is 52.3 Å². The van der Waals surface area contributed by atoms with Crippen LogP contribution in [0.5, 0.6) is 0 Å². The van der Waals surface area contributed by atoms with Crippen molar-refractivity contribution in [2.75, 3.05) is 7.05 Å². The van der Waals surface area contributed by atoms with Crippen LogP contribution in [0.4, 0.5) is 0 Å². The molecule has 21 heavy (non-hydrogen) atoms. The van der Waals surface area contributed by atoms with Gasteiger partial charge in [0.15, 0.2) is 0 Å². The molecule has 0 aliphatic rings. The van der Waals surface area contributed by atoms with Crippen molar-refractivity contribution in [2.24, 2.45) is 0 Å². The summed E-state index contributed by atoms with van der Waals surface area (Å²) in [6.07, 6.45) is 0. The summed E-state index contributed by atoms with van der Waals surface area (Å²) in [5, 5.41) is 5.31. The van der Waals surface area contributed by atoms with Crippen LogP contribution in [0.2, 0.25) is 0 Å². The number of fused-ring (bicyclic) bond motifs is 1. The number of aromatic nitrogens is 2. The summed E-state index contributed by atoms with van der Waals surface area (Å²) < 4.78 is 1.41. The molecule has 0 aliphatic heterocycles. The number of nitrogens with zero attached hydrogens (tertiary/aromatic N) is 2. The predicted octanol–water partition coefficient (Wildman–Crippen LogP) is 1.87. The van der Waals surface area contributed by atoms with Gasteiger partial charge in [0.2, 0.25) is 5.91 Å². The average Bonchev–Trinajstić information content (AvgIpc) is 3.00. The second kappa shape index (κ2) is 5.49. The Bertz CT molecular complexity index is 852. The number of benzene rings is 1. The lowest BCUT2D eigenvalue weighted by molar-refractivity contribution is -0.121. The van der Waals surface area contributed by atoms with Gasteiger partial charge in [0.25, 0.3) is 0 Å². The third-order valence-corrected chi connectivity index (χ3v) is 4.15. The molecule has 0 atom stereocenters. The molecule has 0 aliphatic carbocycles. The number of rotatable bonds is 3. The minimum absolute atomic E-state index is 0.0194. The number of thiophene rings is 1. The Labute approximate surface area is 124 Å². The van der Waals surface area contributed by atoms with Gasteiger partial charge in [0.1, 0.15) is 11.4 Å². The van der Waals surface area contributed by atoms with E-state index in [1.54, 1.807) is 7.05 Å². The predicted molar refractivity (Wildman–Crippen MR) is 83.4 cm³/mol. The zero-order chi connectivity index (χ0) is 14.8. The molecule has 0 saturated carbocycles. The molecule has 5 nitrogen and oxygen atoms in total. The number of carbonyl (C=O) groups is 1. The summed E-state index contributed by atoms with van der Waals surface area (Å²) in [4.78, 5) is 28.7. The Hall–Kier alpha value is -2.47. The second-order valence-electron chi connectivity index (χ2n) is 4.51. The Kier molecular flexibility index (Phi) is 3.53. The van der Waals surface area contributed by atoms with Gasteiger partial charge in [-0.1, -0.05) is 30.3 Å². The van der Waals surface area contributed by atoms with E-state index in [1.807, 2.05) is 41.8 Å². The van der Waals surface area contributed by atoms with Crippen molar-refractivity contribution in [3.8, 4) is 11.3 Å². The Morgan fingerprint density at radius 3 is 2.76 bits per heavy atom. The van der Waals surface area contributed by atoms with Crippen molar-refractivity contribution in [1.29, 1.82) is 0 Å². The van der Waals surface area contributed by atoms with E-state index < -0.39 is 5.69 Å². The van der Waals surface area contributed by atoms with Crippen LogP contribution in [0.15, 0.2) is 46.6 Å². The molecule has 3 aromatic rings. The fourth-order valence-electron chi connectivity index (χ4n) is 2.17. The molecule has 0 saturated heterocycles. The summed E-state index contributed by atoms with van der Waals surface area (Å²) in [7, 11) is 1.55. The Morgan fingerprint density at radius 1 is 1.29 bits per heavy atom. The molecule has 0 bridgehead atoms. The molecule has 2 heterocycles. The molecule has 1 amide bonds. The quantitative estimate of drug-likeness (QED) is 0.803. The number of nitrogens with one attached hydrogen (secondary N) is 1. The first-order valence-electron chi connectivity index (χ1n) is 6.44. The SMILES string of the molecule is CNC(=O)Cn1c(=O)nc(-c2ccccc2)c2ccsc21. The lowest BCUT2D eigenvalue weighted by Gasteiger charge is -2.09. The highest BCUT2D eigenvalue weighted by molar-refractivity contribution is 7.16. The van der Waals surface area contributed by atoms with E-state index in [9.17, 15) is 9.59 Å². The van der Waals surface area contributed by atoms with Crippen LogP contribution in [0.1, 0.15) is 0 Å². The minimum Gasteiger partial charge on any atom is -0.358 e. The molecular formula is C15H13N3O2S. The van der Waals surface area contributed by atoms with Crippen molar-refractivity contribution in [1.82, 2.24) is 14.9 Å². The van der Waals surface area contributed by atoms with Crippen LogP contribution in [0, 0.1) is 0 Å². The first kappa shape index (κ1) is 13.5. The van der Waals surface area contributed by atoms with Gasteiger partial charge in [-0.05, 0) is 11.4 Å². The van der Waals surface area contributed by atoms with Crippen LogP contribution < -0.4 is 11.0 Å². The van der Waals surface area contributed by atoms with Gasteiger partial charge in [-0.15, -0.1) is 11.3 Å². The molecule has 0 fully saturated rings. The van der Waals surface area contributed by atoms with E-state index in [0.717, 1.165) is 15.8 Å². The lowest BCUT2D eigenvalue weighted by atomic mass is 10.1. The highest BCUT2D eigenvalue weighted by Gasteiger charge is 2.14. The summed E-state index contributed by atoms with van der Waals surface area (Å²) in [6, 6.07) is 11.5.